The van der Waals surface area contributed by atoms with Crippen molar-refractivity contribution < 1.29 is 5.11 Å². The van der Waals surface area contributed by atoms with Gasteiger partial charge in [0.05, 0.1) is 5.69 Å². The largest absolute Gasteiger partial charge is 0.396 e. The summed E-state index contributed by atoms with van der Waals surface area (Å²) >= 11 is 0. The van der Waals surface area contributed by atoms with Crippen molar-refractivity contribution in [1.82, 2.24) is 10.2 Å². The number of rotatable bonds is 3. The van der Waals surface area contributed by atoms with E-state index in [0.29, 0.717) is 0 Å². The summed E-state index contributed by atoms with van der Waals surface area (Å²) in [6, 6.07) is 3.77. The van der Waals surface area contributed by atoms with Crippen molar-refractivity contribution >= 4 is 0 Å². The first-order chi connectivity index (χ1) is 5.33. The van der Waals surface area contributed by atoms with E-state index in [2.05, 4.69) is 10.2 Å². The quantitative estimate of drug-likeness (QED) is 0.691. The molecule has 1 aromatic rings. The van der Waals surface area contributed by atoms with Crippen LogP contribution in [0.4, 0.5) is 0 Å². The number of aliphatic hydroxyl groups is 1. The van der Waals surface area contributed by atoms with Crippen LogP contribution in [0.2, 0.25) is 0 Å². The maximum Gasteiger partial charge on any atom is 0.0634 e. The lowest BCUT2D eigenvalue weighted by molar-refractivity contribution is 0.236. The van der Waals surface area contributed by atoms with Gasteiger partial charge in [-0.05, 0) is 24.5 Å². The van der Waals surface area contributed by atoms with Gasteiger partial charge in [0.1, 0.15) is 0 Å². The molecule has 0 aliphatic heterocycles. The van der Waals surface area contributed by atoms with E-state index in [-0.39, 0.29) is 12.5 Å². The van der Waals surface area contributed by atoms with E-state index in [1.165, 1.54) is 0 Å². The third kappa shape index (κ3) is 2.63. The Morgan fingerprint density at radius 3 is 3.00 bits per heavy atom. The first-order valence-electron chi connectivity index (χ1n) is 3.70. The summed E-state index contributed by atoms with van der Waals surface area (Å²) in [6.07, 6.45) is 2.44. The molecule has 1 atom stereocenters. The van der Waals surface area contributed by atoms with Gasteiger partial charge in [-0.1, -0.05) is 6.92 Å². The van der Waals surface area contributed by atoms with Crippen LogP contribution in [0.1, 0.15) is 12.6 Å². The van der Waals surface area contributed by atoms with Crippen molar-refractivity contribution in [2.75, 3.05) is 6.61 Å². The Bertz CT molecular complexity index is 201. The molecule has 0 bridgehead atoms. The Kier molecular flexibility index (Phi) is 2.98. The minimum atomic E-state index is 0.205. The lowest BCUT2D eigenvalue weighted by Crippen LogP contribution is -2.06. The molecule has 0 aromatic carbocycles. The fourth-order valence-electron chi connectivity index (χ4n) is 0.864. The van der Waals surface area contributed by atoms with Crippen LogP contribution in [0.3, 0.4) is 0 Å². The minimum absolute atomic E-state index is 0.205. The first-order valence-corrected chi connectivity index (χ1v) is 3.70. The monoisotopic (exact) mass is 152 g/mol. The molecule has 0 aliphatic rings. The van der Waals surface area contributed by atoms with Gasteiger partial charge in [0.2, 0.25) is 0 Å². The molecule has 0 amide bonds. The highest BCUT2D eigenvalue weighted by Gasteiger charge is 2.01. The highest BCUT2D eigenvalue weighted by Crippen LogP contribution is 2.02. The summed E-state index contributed by atoms with van der Waals surface area (Å²) in [5.41, 5.74) is 0.939. The van der Waals surface area contributed by atoms with Crippen molar-refractivity contribution in [1.29, 1.82) is 0 Å². The molecule has 1 rings (SSSR count). The summed E-state index contributed by atoms with van der Waals surface area (Å²) in [5.74, 6) is 0.270. The lowest BCUT2D eigenvalue weighted by Gasteiger charge is -2.04. The summed E-state index contributed by atoms with van der Waals surface area (Å²) < 4.78 is 0. The Morgan fingerprint density at radius 1 is 1.64 bits per heavy atom. The van der Waals surface area contributed by atoms with Crippen LogP contribution in [0, 0.1) is 5.92 Å². The van der Waals surface area contributed by atoms with Crippen molar-refractivity contribution in [2.45, 2.75) is 13.3 Å². The van der Waals surface area contributed by atoms with Gasteiger partial charge in [-0.25, -0.2) is 0 Å². The average molecular weight is 152 g/mol. The van der Waals surface area contributed by atoms with E-state index >= 15 is 0 Å². The van der Waals surface area contributed by atoms with Crippen molar-refractivity contribution in [3.8, 4) is 0 Å². The predicted octanol–water partition coefficient (Wildman–Crippen LogP) is 0.647. The molecule has 0 saturated heterocycles. The zero-order valence-electron chi connectivity index (χ0n) is 6.57. The van der Waals surface area contributed by atoms with E-state index in [4.69, 9.17) is 5.11 Å². The molecule has 11 heavy (non-hydrogen) atoms. The molecule has 0 aliphatic carbocycles. The molecule has 0 unspecified atom stereocenters. The van der Waals surface area contributed by atoms with Crippen LogP contribution in [0.25, 0.3) is 0 Å². The first kappa shape index (κ1) is 8.14. The van der Waals surface area contributed by atoms with E-state index in [9.17, 15) is 0 Å². The van der Waals surface area contributed by atoms with Crippen LogP contribution >= 0.6 is 0 Å². The van der Waals surface area contributed by atoms with Gasteiger partial charge in [0.25, 0.3) is 0 Å². The third-order valence-electron chi connectivity index (χ3n) is 1.50. The fourth-order valence-corrected chi connectivity index (χ4v) is 0.864. The van der Waals surface area contributed by atoms with E-state index in [0.717, 1.165) is 12.1 Å². The van der Waals surface area contributed by atoms with E-state index < -0.39 is 0 Å². The van der Waals surface area contributed by atoms with Gasteiger partial charge < -0.3 is 5.11 Å². The van der Waals surface area contributed by atoms with Gasteiger partial charge in [0.15, 0.2) is 0 Å². The van der Waals surface area contributed by atoms with Gasteiger partial charge in [-0.15, -0.1) is 0 Å². The molecule has 0 fully saturated rings. The molecule has 0 saturated carbocycles. The van der Waals surface area contributed by atoms with Crippen LogP contribution in [-0.4, -0.2) is 21.9 Å². The van der Waals surface area contributed by atoms with Gasteiger partial charge in [-0.2, -0.15) is 10.2 Å². The normalized spacial score (nSPS) is 12.9. The van der Waals surface area contributed by atoms with Crippen LogP contribution in [0.15, 0.2) is 18.3 Å². The minimum Gasteiger partial charge on any atom is -0.396 e. The summed E-state index contributed by atoms with van der Waals surface area (Å²) in [7, 11) is 0. The van der Waals surface area contributed by atoms with Crippen molar-refractivity contribution in [3.63, 3.8) is 0 Å². The molecule has 1 aromatic heterocycles. The van der Waals surface area contributed by atoms with Gasteiger partial charge >= 0.3 is 0 Å². The van der Waals surface area contributed by atoms with E-state index in [1.807, 2.05) is 19.1 Å². The predicted molar refractivity (Wildman–Crippen MR) is 42.0 cm³/mol. The second kappa shape index (κ2) is 4.03. The number of hydrogen-bond acceptors (Lipinski definition) is 3. The van der Waals surface area contributed by atoms with Crippen molar-refractivity contribution in [2.24, 2.45) is 5.92 Å². The summed E-state index contributed by atoms with van der Waals surface area (Å²) in [6.45, 7) is 2.19. The number of aromatic nitrogens is 2. The van der Waals surface area contributed by atoms with Gasteiger partial charge in [0, 0.05) is 12.8 Å². The standard InChI is InChI=1S/C8H12N2O/c1-7(6-11)5-8-3-2-4-9-10-8/h2-4,7,11H,5-6H2,1H3/t7-/m1/s1. The highest BCUT2D eigenvalue weighted by atomic mass is 16.3. The molecule has 1 heterocycles. The Labute approximate surface area is 66.1 Å². The maximum absolute atomic E-state index is 8.75. The Morgan fingerprint density at radius 2 is 2.45 bits per heavy atom. The number of nitrogens with zero attached hydrogens (tertiary/aromatic N) is 2. The summed E-state index contributed by atoms with van der Waals surface area (Å²) in [5, 5.41) is 16.4. The molecule has 0 spiro atoms. The lowest BCUT2D eigenvalue weighted by atomic mass is 10.1. The van der Waals surface area contributed by atoms with Gasteiger partial charge in [-0.3, -0.25) is 0 Å². The smallest absolute Gasteiger partial charge is 0.0634 e. The second-order valence-corrected chi connectivity index (χ2v) is 2.71. The average Bonchev–Trinajstić information content (AvgIpc) is 2.06. The Balaban J connectivity index is 2.51. The Hall–Kier alpha value is -0.960. The highest BCUT2D eigenvalue weighted by molar-refractivity contribution is 4.99. The maximum atomic E-state index is 8.75. The zero-order chi connectivity index (χ0) is 8.10. The molecule has 3 heteroatoms. The third-order valence-corrected chi connectivity index (χ3v) is 1.50. The molecule has 1 N–H and O–H groups in total. The fraction of sp³-hybridized carbons (Fsp3) is 0.500. The zero-order valence-corrected chi connectivity index (χ0v) is 6.57. The van der Waals surface area contributed by atoms with Crippen molar-refractivity contribution in [3.05, 3.63) is 24.0 Å². The van der Waals surface area contributed by atoms with E-state index in [1.54, 1.807) is 6.20 Å². The van der Waals surface area contributed by atoms with Crippen LogP contribution in [-0.2, 0) is 6.42 Å². The number of hydrogen-bond donors (Lipinski definition) is 1. The molecule has 60 valence electrons. The molecule has 0 radical (unpaired) electrons. The molecular formula is C8H12N2O. The summed E-state index contributed by atoms with van der Waals surface area (Å²) in [4.78, 5) is 0. The molecule has 3 nitrogen and oxygen atoms in total. The second-order valence-electron chi connectivity index (χ2n) is 2.71. The van der Waals surface area contributed by atoms with Crippen LogP contribution < -0.4 is 0 Å². The SMILES string of the molecule is C[C@@H](CO)Cc1cccnn1. The topological polar surface area (TPSA) is 46.0 Å². The molecular weight excluding hydrogens is 140 g/mol. The van der Waals surface area contributed by atoms with Crippen LogP contribution in [0.5, 0.6) is 0 Å². The number of aliphatic hydroxyl groups excluding tert-OH is 1.